The molecule has 0 spiro atoms. The van der Waals surface area contributed by atoms with Crippen molar-refractivity contribution in [3.63, 3.8) is 0 Å². The van der Waals surface area contributed by atoms with Gasteiger partial charge in [-0.15, -0.1) is 0 Å². The molecular weight excluding hydrogens is 374 g/mol. The number of carbonyl (C=O) groups excluding carboxylic acids is 2. The Kier molecular flexibility index (Phi) is 7.28. The molecule has 0 bridgehead atoms. The number of hydrazone groups is 1. The highest BCUT2D eigenvalue weighted by Gasteiger charge is 2.07. The first-order valence-corrected chi connectivity index (χ1v) is 9.72. The van der Waals surface area contributed by atoms with Crippen LogP contribution in [-0.2, 0) is 4.79 Å². The van der Waals surface area contributed by atoms with E-state index in [9.17, 15) is 9.59 Å². The van der Waals surface area contributed by atoms with E-state index >= 15 is 0 Å². The van der Waals surface area contributed by atoms with Crippen LogP contribution in [-0.4, -0.2) is 17.5 Å². The van der Waals surface area contributed by atoms with Gasteiger partial charge in [-0.2, -0.15) is 5.10 Å². The van der Waals surface area contributed by atoms with Crippen molar-refractivity contribution in [2.75, 3.05) is 5.32 Å². The summed E-state index contributed by atoms with van der Waals surface area (Å²) in [5, 5.41) is 7.08. The van der Waals surface area contributed by atoms with Crippen molar-refractivity contribution in [3.8, 4) is 0 Å². The summed E-state index contributed by atoms with van der Waals surface area (Å²) < 4.78 is 0. The fourth-order valence-electron chi connectivity index (χ4n) is 2.68. The highest BCUT2D eigenvalue weighted by molar-refractivity contribution is 6.11. The second-order valence-electron chi connectivity index (χ2n) is 6.53. The highest BCUT2D eigenvalue weighted by Crippen LogP contribution is 2.11. The number of nitrogens with zero attached hydrogens (tertiary/aromatic N) is 1. The first-order chi connectivity index (χ1) is 14.7. The van der Waals surface area contributed by atoms with E-state index in [1.165, 1.54) is 0 Å². The number of amides is 2. The SMILES string of the molecule is CCC(=O)Nc1ccc(C(=O)N/N=C(\C=C/c2ccccc2)c2ccccc2)cc1. The van der Waals surface area contributed by atoms with E-state index in [0.29, 0.717) is 23.4 Å². The summed E-state index contributed by atoms with van der Waals surface area (Å²) in [4.78, 5) is 24.0. The number of rotatable bonds is 7. The number of hydrogen-bond acceptors (Lipinski definition) is 3. The van der Waals surface area contributed by atoms with Crippen LogP contribution in [0, 0.1) is 0 Å². The Morgan fingerprint density at radius 3 is 2.10 bits per heavy atom. The lowest BCUT2D eigenvalue weighted by molar-refractivity contribution is -0.115. The van der Waals surface area contributed by atoms with Gasteiger partial charge in [0.05, 0.1) is 5.71 Å². The average Bonchev–Trinajstić information content (AvgIpc) is 2.80. The number of benzene rings is 3. The first kappa shape index (κ1) is 20.7. The maximum absolute atomic E-state index is 12.5. The Bertz CT molecular complexity index is 1040. The van der Waals surface area contributed by atoms with Gasteiger partial charge in [0.1, 0.15) is 0 Å². The Labute approximate surface area is 176 Å². The summed E-state index contributed by atoms with van der Waals surface area (Å²) in [6.07, 6.45) is 4.22. The molecule has 0 aromatic heterocycles. The van der Waals surface area contributed by atoms with Crippen LogP contribution in [0.1, 0.15) is 34.8 Å². The van der Waals surface area contributed by atoms with Gasteiger partial charge in [0.15, 0.2) is 0 Å². The Hall–Kier alpha value is -3.99. The van der Waals surface area contributed by atoms with E-state index in [1.807, 2.05) is 72.8 Å². The summed E-state index contributed by atoms with van der Waals surface area (Å²) >= 11 is 0. The van der Waals surface area contributed by atoms with Gasteiger partial charge in [-0.3, -0.25) is 9.59 Å². The summed E-state index contributed by atoms with van der Waals surface area (Å²) in [7, 11) is 0. The van der Waals surface area contributed by atoms with Gasteiger partial charge in [-0.05, 0) is 35.9 Å². The molecule has 3 aromatic carbocycles. The highest BCUT2D eigenvalue weighted by atomic mass is 16.2. The molecule has 150 valence electrons. The van der Waals surface area contributed by atoms with E-state index < -0.39 is 0 Å². The van der Waals surface area contributed by atoms with Crippen LogP contribution < -0.4 is 10.7 Å². The van der Waals surface area contributed by atoms with Crippen molar-refractivity contribution in [2.45, 2.75) is 13.3 Å². The molecule has 5 heteroatoms. The third-order valence-electron chi connectivity index (χ3n) is 4.33. The molecule has 30 heavy (non-hydrogen) atoms. The van der Waals surface area contributed by atoms with Crippen molar-refractivity contribution in [2.24, 2.45) is 5.10 Å². The van der Waals surface area contributed by atoms with Crippen molar-refractivity contribution in [1.29, 1.82) is 0 Å². The van der Waals surface area contributed by atoms with Crippen LogP contribution in [0.2, 0.25) is 0 Å². The number of hydrogen-bond donors (Lipinski definition) is 2. The molecule has 3 aromatic rings. The number of anilines is 1. The van der Waals surface area contributed by atoms with E-state index in [-0.39, 0.29) is 11.8 Å². The fraction of sp³-hybridized carbons (Fsp3) is 0.0800. The molecule has 0 aliphatic carbocycles. The molecular formula is C25H23N3O2. The van der Waals surface area contributed by atoms with Crippen molar-refractivity contribution in [1.82, 2.24) is 5.43 Å². The van der Waals surface area contributed by atoms with E-state index in [1.54, 1.807) is 31.2 Å². The Morgan fingerprint density at radius 2 is 1.47 bits per heavy atom. The normalized spacial score (nSPS) is 11.3. The quantitative estimate of drug-likeness (QED) is 0.440. The van der Waals surface area contributed by atoms with Gasteiger partial charge in [0, 0.05) is 23.2 Å². The Morgan fingerprint density at radius 1 is 0.833 bits per heavy atom. The largest absolute Gasteiger partial charge is 0.326 e. The van der Waals surface area contributed by atoms with Crippen LogP contribution in [0.15, 0.2) is 96.1 Å². The summed E-state index contributed by atoms with van der Waals surface area (Å²) in [5.41, 5.74) is 6.29. The molecule has 0 saturated heterocycles. The summed E-state index contributed by atoms with van der Waals surface area (Å²) in [6, 6.07) is 26.2. The maximum Gasteiger partial charge on any atom is 0.271 e. The zero-order chi connectivity index (χ0) is 21.2. The van der Waals surface area contributed by atoms with Crippen LogP contribution in [0.4, 0.5) is 5.69 Å². The van der Waals surface area contributed by atoms with Crippen LogP contribution in [0.25, 0.3) is 6.08 Å². The van der Waals surface area contributed by atoms with Gasteiger partial charge < -0.3 is 5.32 Å². The third kappa shape index (κ3) is 6.01. The van der Waals surface area contributed by atoms with Crippen LogP contribution in [0.3, 0.4) is 0 Å². The molecule has 3 rings (SSSR count). The molecule has 0 aliphatic rings. The minimum atomic E-state index is -0.329. The third-order valence-corrected chi connectivity index (χ3v) is 4.33. The smallest absolute Gasteiger partial charge is 0.271 e. The standard InChI is InChI=1S/C25H23N3O2/c1-2-24(29)26-22-16-14-21(15-17-22)25(30)28-27-23(20-11-7-4-8-12-20)18-13-19-9-5-3-6-10-19/h3-18H,2H2,1H3,(H,26,29)(H,28,30)/b18-13-,27-23+. The lowest BCUT2D eigenvalue weighted by Crippen LogP contribution is -2.19. The summed E-state index contributed by atoms with van der Waals surface area (Å²) in [5.74, 6) is -0.403. The molecule has 2 N–H and O–H groups in total. The zero-order valence-corrected chi connectivity index (χ0v) is 16.7. The second kappa shape index (κ2) is 10.5. The molecule has 0 atom stereocenters. The lowest BCUT2D eigenvalue weighted by atomic mass is 10.1. The van der Waals surface area contributed by atoms with E-state index in [4.69, 9.17) is 0 Å². The predicted molar refractivity (Wildman–Crippen MR) is 121 cm³/mol. The average molecular weight is 397 g/mol. The van der Waals surface area contributed by atoms with Crippen molar-refractivity contribution < 1.29 is 9.59 Å². The van der Waals surface area contributed by atoms with Gasteiger partial charge in [-0.25, -0.2) is 5.43 Å². The van der Waals surface area contributed by atoms with Gasteiger partial charge >= 0.3 is 0 Å². The first-order valence-electron chi connectivity index (χ1n) is 9.72. The van der Waals surface area contributed by atoms with Crippen molar-refractivity contribution >= 4 is 29.3 Å². The molecule has 0 heterocycles. The van der Waals surface area contributed by atoms with E-state index in [0.717, 1.165) is 11.1 Å². The molecule has 0 fully saturated rings. The molecule has 5 nitrogen and oxygen atoms in total. The minimum Gasteiger partial charge on any atom is -0.326 e. The number of allylic oxidation sites excluding steroid dienone is 1. The van der Waals surface area contributed by atoms with Gasteiger partial charge in [-0.1, -0.05) is 73.7 Å². The molecule has 0 radical (unpaired) electrons. The monoisotopic (exact) mass is 397 g/mol. The molecule has 2 amide bonds. The van der Waals surface area contributed by atoms with Gasteiger partial charge in [0.2, 0.25) is 5.91 Å². The maximum atomic E-state index is 12.5. The molecule has 0 unspecified atom stereocenters. The number of nitrogens with one attached hydrogen (secondary N) is 2. The number of carbonyl (C=O) groups is 2. The minimum absolute atomic E-state index is 0.0745. The lowest BCUT2D eigenvalue weighted by Gasteiger charge is -2.06. The fourth-order valence-corrected chi connectivity index (χ4v) is 2.68. The van der Waals surface area contributed by atoms with Crippen LogP contribution >= 0.6 is 0 Å². The van der Waals surface area contributed by atoms with Crippen molar-refractivity contribution in [3.05, 3.63) is 108 Å². The zero-order valence-electron chi connectivity index (χ0n) is 16.7. The molecule has 0 aliphatic heterocycles. The molecule has 0 saturated carbocycles. The Balaban J connectivity index is 1.75. The van der Waals surface area contributed by atoms with Gasteiger partial charge in [0.25, 0.3) is 5.91 Å². The predicted octanol–water partition coefficient (Wildman–Crippen LogP) is 4.88. The van der Waals surface area contributed by atoms with E-state index in [2.05, 4.69) is 15.8 Å². The second-order valence-corrected chi connectivity index (χ2v) is 6.53. The summed E-state index contributed by atoms with van der Waals surface area (Å²) in [6.45, 7) is 1.78. The van der Waals surface area contributed by atoms with Crippen LogP contribution in [0.5, 0.6) is 0 Å². The topological polar surface area (TPSA) is 70.6 Å².